The summed E-state index contributed by atoms with van der Waals surface area (Å²) in [5.41, 5.74) is -2.06. The fourth-order valence-electron chi connectivity index (χ4n) is 8.65. The van der Waals surface area contributed by atoms with E-state index < -0.39 is 29.1 Å². The van der Waals surface area contributed by atoms with Gasteiger partial charge in [0.2, 0.25) is 5.88 Å². The Morgan fingerprint density at radius 2 is 1.86 bits per heavy atom. The van der Waals surface area contributed by atoms with E-state index in [1.807, 2.05) is 0 Å². The van der Waals surface area contributed by atoms with Crippen molar-refractivity contribution in [2.75, 3.05) is 58.0 Å². The van der Waals surface area contributed by atoms with Crippen LogP contribution in [-0.2, 0) is 4.74 Å². The van der Waals surface area contributed by atoms with Gasteiger partial charge in [-0.3, -0.25) is 4.90 Å². The van der Waals surface area contributed by atoms with Crippen LogP contribution in [0.3, 0.4) is 0 Å². The Balaban J connectivity index is 1.24. The Kier molecular flexibility index (Phi) is 8.42. The van der Waals surface area contributed by atoms with Gasteiger partial charge in [-0.2, -0.15) is 9.97 Å². The number of alkyl halides is 2. The number of β-amino-alcohol motifs (C(OH)–C–C–N with tert-alkyl or cyclic N) is 1. The Morgan fingerprint density at radius 3 is 2.65 bits per heavy atom. The zero-order valence-electron chi connectivity index (χ0n) is 28.6. The van der Waals surface area contributed by atoms with Gasteiger partial charge < -0.3 is 29.3 Å². The number of hydrogen-bond donors (Lipinski definition) is 2. The smallest absolute Gasteiger partial charge is 0.319 e. The number of phenols is 1. The number of pyridine rings is 1. The van der Waals surface area contributed by atoms with Gasteiger partial charge in [0.1, 0.15) is 39.6 Å². The Hall–Kier alpha value is -4.01. The van der Waals surface area contributed by atoms with E-state index in [0.29, 0.717) is 18.5 Å². The van der Waals surface area contributed by atoms with Crippen LogP contribution in [0.4, 0.5) is 23.4 Å². The van der Waals surface area contributed by atoms with Crippen LogP contribution in [0.15, 0.2) is 30.3 Å². The van der Waals surface area contributed by atoms with Crippen molar-refractivity contribution in [3.63, 3.8) is 0 Å². The molecule has 2 unspecified atom stereocenters. The molecule has 2 aromatic carbocycles. The number of aliphatic hydroxyl groups is 1. The van der Waals surface area contributed by atoms with Gasteiger partial charge in [0.25, 0.3) is 5.92 Å². The van der Waals surface area contributed by atoms with Crippen molar-refractivity contribution in [1.82, 2.24) is 19.9 Å². The molecule has 0 bridgehead atoms. The summed E-state index contributed by atoms with van der Waals surface area (Å²) in [6.07, 6.45) is 4.30. The normalized spacial score (nSPS) is 27.8. The van der Waals surface area contributed by atoms with Crippen LogP contribution in [0.1, 0.15) is 45.4 Å². The van der Waals surface area contributed by atoms with Gasteiger partial charge in [-0.1, -0.05) is 18.6 Å². The molecule has 0 amide bonds. The zero-order valence-corrected chi connectivity index (χ0v) is 28.6. The predicted molar refractivity (Wildman–Crippen MR) is 181 cm³/mol. The molecule has 2 aliphatic carbocycles. The second kappa shape index (κ2) is 12.6. The van der Waals surface area contributed by atoms with Crippen molar-refractivity contribution >= 4 is 27.5 Å². The first-order valence-corrected chi connectivity index (χ1v) is 17.5. The third-order valence-electron chi connectivity index (χ3n) is 11.1. The van der Waals surface area contributed by atoms with Crippen molar-refractivity contribution in [3.8, 4) is 28.9 Å². The Morgan fingerprint density at radius 1 is 1.06 bits per heavy atom. The summed E-state index contributed by atoms with van der Waals surface area (Å²) in [6.45, 7) is 3.67. The van der Waals surface area contributed by atoms with Crippen LogP contribution in [-0.4, -0.2) is 101 Å². The van der Waals surface area contributed by atoms with Crippen molar-refractivity contribution in [2.45, 2.75) is 63.0 Å². The lowest BCUT2D eigenvalue weighted by atomic mass is 9.75. The minimum Gasteiger partial charge on any atom is -0.508 e. The van der Waals surface area contributed by atoms with Crippen molar-refractivity contribution in [1.29, 1.82) is 0 Å². The number of likely N-dealkylation sites (tertiary alicyclic amines) is 1. The summed E-state index contributed by atoms with van der Waals surface area (Å²) in [6, 6.07) is 6.94. The fraction of sp³-hybridized carbons (Fsp3) is 0.541. The molecule has 2 aromatic heterocycles. The molecule has 0 radical (unpaired) electrons. The summed E-state index contributed by atoms with van der Waals surface area (Å²) in [5.74, 6) is -4.78. The second-order valence-electron chi connectivity index (χ2n) is 15.0. The Labute approximate surface area is 292 Å². The molecule has 4 aliphatic rings. The van der Waals surface area contributed by atoms with Gasteiger partial charge in [-0.25, -0.2) is 22.5 Å². The van der Waals surface area contributed by atoms with E-state index in [9.17, 15) is 19.0 Å². The van der Waals surface area contributed by atoms with Crippen LogP contribution in [0.5, 0.6) is 17.6 Å². The highest BCUT2D eigenvalue weighted by Crippen LogP contribution is 2.53. The quantitative estimate of drug-likeness (QED) is 0.208. The number of hydrogen-bond acceptors (Lipinski definition) is 10. The van der Waals surface area contributed by atoms with Crippen molar-refractivity contribution in [3.05, 3.63) is 42.0 Å². The molecule has 8 rings (SSSR count). The molecule has 4 aromatic rings. The van der Waals surface area contributed by atoms with E-state index in [1.54, 1.807) is 17.9 Å². The molecular formula is C37H41F4N5O5. The lowest BCUT2D eigenvalue weighted by Crippen LogP contribution is -2.52. The molecular weight excluding hydrogens is 670 g/mol. The molecule has 0 spiro atoms. The summed E-state index contributed by atoms with van der Waals surface area (Å²) in [4.78, 5) is 17.8. The number of nitrogens with zero attached hydrogens (tertiary/aromatic N) is 5. The van der Waals surface area contributed by atoms with Gasteiger partial charge in [0, 0.05) is 47.8 Å². The van der Waals surface area contributed by atoms with Gasteiger partial charge in [-0.05, 0) is 62.7 Å². The number of phenolic OH excluding ortho intramolecular Hbond substituents is 1. The summed E-state index contributed by atoms with van der Waals surface area (Å²) in [7, 11) is 1.37. The number of rotatable bonds is 8. The highest BCUT2D eigenvalue weighted by Gasteiger charge is 2.59. The zero-order chi connectivity index (χ0) is 35.7. The van der Waals surface area contributed by atoms with Crippen LogP contribution >= 0.6 is 0 Å². The maximum Gasteiger partial charge on any atom is 0.319 e. The SMILES string of the molecule is COc1nc(-c2cc(O)cc3cccc(F)c23)c(F)c2nc(OCC34CCC[C@H]3N(CC3CC3(F)F)CCC4)nc(N3CCOC[C@@](C)(O)C3)c12. The molecule has 10 nitrogen and oxygen atoms in total. The monoisotopic (exact) mass is 711 g/mol. The number of halogens is 4. The predicted octanol–water partition coefficient (Wildman–Crippen LogP) is 6.09. The molecule has 4 atom stereocenters. The first-order valence-electron chi connectivity index (χ1n) is 17.5. The molecule has 14 heteroatoms. The molecule has 2 saturated heterocycles. The maximum absolute atomic E-state index is 17.0. The lowest BCUT2D eigenvalue weighted by molar-refractivity contribution is -0.0124. The molecule has 4 heterocycles. The summed E-state index contributed by atoms with van der Waals surface area (Å²) < 4.78 is 78.0. The largest absolute Gasteiger partial charge is 0.508 e. The summed E-state index contributed by atoms with van der Waals surface area (Å²) >= 11 is 0. The molecule has 2 aliphatic heterocycles. The summed E-state index contributed by atoms with van der Waals surface area (Å²) in [5, 5.41) is 22.2. The number of methoxy groups -OCH3 is 1. The first-order chi connectivity index (χ1) is 24.4. The van der Waals surface area contributed by atoms with Crippen molar-refractivity contribution in [2.24, 2.45) is 11.3 Å². The maximum atomic E-state index is 17.0. The standard InChI is InChI=1S/C37H41F4N5O5/c1-35(48)18-46(12-13-50-19-35)32-28-31(29(39)30(42-33(28)49-2)24-15-23(47)14-21-6-3-7-25(38)27(21)24)43-34(44-32)51-20-36-9-4-8-26(36)45(11-5-10-36)17-22-16-37(22,40)41/h3,6-7,14-15,22,26,47-48H,4-5,8-13,16-20H2,1-2H3/t22?,26-,35+,36?/m1/s1. The second-order valence-corrected chi connectivity index (χ2v) is 15.0. The highest BCUT2D eigenvalue weighted by molar-refractivity contribution is 6.02. The average Bonchev–Trinajstić information content (AvgIpc) is 3.53. The number of piperidine rings is 1. The van der Waals surface area contributed by atoms with E-state index in [4.69, 9.17) is 19.2 Å². The van der Waals surface area contributed by atoms with E-state index in [2.05, 4.69) is 14.9 Å². The minimum absolute atomic E-state index is 0.00533. The van der Waals surface area contributed by atoms with Gasteiger partial charge in [-0.15, -0.1) is 0 Å². The minimum atomic E-state index is -2.59. The third kappa shape index (κ3) is 6.18. The lowest BCUT2D eigenvalue weighted by Gasteiger charge is -2.46. The fourth-order valence-corrected chi connectivity index (χ4v) is 8.65. The third-order valence-corrected chi connectivity index (χ3v) is 11.1. The van der Waals surface area contributed by atoms with Crippen LogP contribution in [0.2, 0.25) is 0 Å². The van der Waals surface area contributed by atoms with E-state index >= 15 is 8.78 Å². The molecule has 2 saturated carbocycles. The average molecular weight is 712 g/mol. The topological polar surface area (TPSA) is 113 Å². The van der Waals surface area contributed by atoms with Crippen LogP contribution < -0.4 is 14.4 Å². The highest BCUT2D eigenvalue weighted by atomic mass is 19.3. The van der Waals surface area contributed by atoms with Gasteiger partial charge in [0.15, 0.2) is 5.82 Å². The van der Waals surface area contributed by atoms with Crippen LogP contribution in [0.25, 0.3) is 32.9 Å². The molecule has 2 N–H and O–H groups in total. The number of aromatic hydroxyl groups is 1. The van der Waals surface area contributed by atoms with Crippen molar-refractivity contribution < 1.29 is 42.0 Å². The van der Waals surface area contributed by atoms with E-state index in [0.717, 1.165) is 38.6 Å². The molecule has 4 fully saturated rings. The number of aromatic nitrogens is 3. The van der Waals surface area contributed by atoms with E-state index in [1.165, 1.54) is 31.4 Å². The molecule has 51 heavy (non-hydrogen) atoms. The number of fused-ring (bicyclic) bond motifs is 3. The van der Waals surface area contributed by atoms with Gasteiger partial charge >= 0.3 is 6.01 Å². The van der Waals surface area contributed by atoms with Gasteiger partial charge in [0.05, 0.1) is 33.5 Å². The Bertz CT molecular complexity index is 2000. The number of ether oxygens (including phenoxy) is 3. The van der Waals surface area contributed by atoms with E-state index in [-0.39, 0.29) is 95.2 Å². The number of anilines is 1. The number of benzene rings is 2. The molecule has 272 valence electrons. The van der Waals surface area contributed by atoms with Crippen LogP contribution in [0, 0.1) is 23.0 Å². The first kappa shape index (κ1) is 34.1.